The fourth-order valence-corrected chi connectivity index (χ4v) is 4.03. The second-order valence-electron chi connectivity index (χ2n) is 7.35. The first-order valence-electron chi connectivity index (χ1n) is 9.38. The third kappa shape index (κ3) is 2.94. The van der Waals surface area contributed by atoms with Crippen LogP contribution >= 0.6 is 11.6 Å². The molecule has 2 aromatic heterocycles. The first-order chi connectivity index (χ1) is 13.6. The second-order valence-corrected chi connectivity index (χ2v) is 7.79. The molecule has 1 saturated heterocycles. The van der Waals surface area contributed by atoms with Crippen LogP contribution in [0.5, 0.6) is 0 Å². The first kappa shape index (κ1) is 17.3. The monoisotopic (exact) mass is 394 g/mol. The van der Waals surface area contributed by atoms with Crippen LogP contribution in [0.1, 0.15) is 40.7 Å². The summed E-state index contributed by atoms with van der Waals surface area (Å²) in [5.74, 6) is 0.901. The average molecular weight is 395 g/mol. The molecule has 0 unspecified atom stereocenters. The van der Waals surface area contributed by atoms with Gasteiger partial charge in [-0.2, -0.15) is 5.10 Å². The van der Waals surface area contributed by atoms with Gasteiger partial charge in [0, 0.05) is 29.4 Å². The topological polar surface area (TPSA) is 75.0 Å². The first-order valence-corrected chi connectivity index (χ1v) is 9.76. The maximum absolute atomic E-state index is 13.0. The van der Waals surface area contributed by atoms with Crippen LogP contribution in [0.25, 0.3) is 22.0 Å². The third-order valence-electron chi connectivity index (χ3n) is 5.42. The number of hydrogen-bond acceptors (Lipinski definition) is 4. The highest BCUT2D eigenvalue weighted by atomic mass is 35.5. The van der Waals surface area contributed by atoms with Crippen LogP contribution < -0.4 is 0 Å². The van der Waals surface area contributed by atoms with E-state index < -0.39 is 0 Å². The summed E-state index contributed by atoms with van der Waals surface area (Å²) >= 11 is 6.03. The lowest BCUT2D eigenvalue weighted by atomic mass is 9.96. The smallest absolute Gasteiger partial charge is 0.274 e. The molecule has 28 heavy (non-hydrogen) atoms. The summed E-state index contributed by atoms with van der Waals surface area (Å²) in [5, 5.41) is 8.75. The number of fused-ring (bicyclic) bond motifs is 2. The van der Waals surface area contributed by atoms with E-state index in [2.05, 4.69) is 15.2 Å². The molecule has 1 N–H and O–H groups in total. The Morgan fingerprint density at radius 2 is 2.04 bits per heavy atom. The largest absolute Gasteiger partial charge is 0.440 e. The number of nitrogens with zero attached hydrogens (tertiary/aromatic N) is 3. The van der Waals surface area contributed by atoms with E-state index in [0.717, 1.165) is 46.3 Å². The fraction of sp³-hybridized carbons (Fsp3) is 0.286. The summed E-state index contributed by atoms with van der Waals surface area (Å²) in [6.07, 6.45) is 1.63. The Morgan fingerprint density at radius 3 is 2.86 bits per heavy atom. The van der Waals surface area contributed by atoms with E-state index in [4.69, 9.17) is 16.0 Å². The molecule has 1 aliphatic rings. The van der Waals surface area contributed by atoms with Gasteiger partial charge < -0.3 is 9.32 Å². The molecule has 1 fully saturated rings. The van der Waals surface area contributed by atoms with Gasteiger partial charge >= 0.3 is 0 Å². The predicted octanol–water partition coefficient (Wildman–Crippen LogP) is 4.69. The third-order valence-corrected chi connectivity index (χ3v) is 5.65. The van der Waals surface area contributed by atoms with E-state index in [9.17, 15) is 4.79 Å². The van der Waals surface area contributed by atoms with Gasteiger partial charge in [0.25, 0.3) is 5.91 Å². The predicted molar refractivity (Wildman–Crippen MR) is 108 cm³/mol. The van der Waals surface area contributed by atoms with Crippen LogP contribution in [0, 0.1) is 6.92 Å². The van der Waals surface area contributed by atoms with E-state index in [-0.39, 0.29) is 11.8 Å². The lowest BCUT2D eigenvalue weighted by molar-refractivity contribution is 0.0702. The number of halogens is 1. The average Bonchev–Trinajstić information content (AvgIpc) is 3.31. The van der Waals surface area contributed by atoms with Gasteiger partial charge in [-0.3, -0.25) is 9.89 Å². The van der Waals surface area contributed by atoms with Crippen molar-refractivity contribution in [3.63, 3.8) is 0 Å². The number of carbonyl (C=O) groups is 1. The number of aromatic nitrogens is 3. The summed E-state index contributed by atoms with van der Waals surface area (Å²) in [6, 6.07) is 11.4. The number of rotatable bonds is 2. The Hall–Kier alpha value is -2.86. The van der Waals surface area contributed by atoms with Crippen molar-refractivity contribution in [2.75, 3.05) is 13.1 Å². The minimum Gasteiger partial charge on any atom is -0.440 e. The van der Waals surface area contributed by atoms with Gasteiger partial charge in [-0.15, -0.1) is 0 Å². The number of oxazole rings is 1. The SMILES string of the molecule is Cc1ccc2[nH]nc(C(=O)N3CCC(c4nc5cc(Cl)ccc5o4)CC3)c2c1. The van der Waals surface area contributed by atoms with Gasteiger partial charge in [-0.1, -0.05) is 23.2 Å². The molecule has 7 heteroatoms. The zero-order valence-corrected chi connectivity index (χ0v) is 16.2. The Bertz CT molecular complexity index is 1190. The number of benzene rings is 2. The van der Waals surface area contributed by atoms with Gasteiger partial charge in [-0.25, -0.2) is 4.98 Å². The van der Waals surface area contributed by atoms with Crippen molar-refractivity contribution in [2.45, 2.75) is 25.7 Å². The lowest BCUT2D eigenvalue weighted by Gasteiger charge is -2.30. The molecule has 0 saturated carbocycles. The molecule has 5 rings (SSSR count). The Balaban J connectivity index is 1.33. The van der Waals surface area contributed by atoms with Gasteiger partial charge in [-0.05, 0) is 50.1 Å². The van der Waals surface area contributed by atoms with Crippen molar-refractivity contribution in [3.05, 3.63) is 58.6 Å². The number of amides is 1. The molecule has 142 valence electrons. The number of likely N-dealkylation sites (tertiary alicyclic amines) is 1. The van der Waals surface area contributed by atoms with Crippen LogP contribution in [0.2, 0.25) is 5.02 Å². The quantitative estimate of drug-likeness (QED) is 0.535. The van der Waals surface area contributed by atoms with Crippen LogP contribution in [-0.4, -0.2) is 39.1 Å². The van der Waals surface area contributed by atoms with Gasteiger partial charge in [0.2, 0.25) is 0 Å². The van der Waals surface area contributed by atoms with Crippen LogP contribution in [-0.2, 0) is 0 Å². The molecule has 0 bridgehead atoms. The number of H-pyrrole nitrogens is 1. The number of hydrogen-bond donors (Lipinski definition) is 1. The molecule has 0 spiro atoms. The number of nitrogens with one attached hydrogen (secondary N) is 1. The zero-order valence-electron chi connectivity index (χ0n) is 15.4. The minimum absolute atomic E-state index is 0.0281. The van der Waals surface area contributed by atoms with Crippen molar-refractivity contribution in [2.24, 2.45) is 0 Å². The molecule has 1 aliphatic heterocycles. The Kier molecular flexibility index (Phi) is 4.09. The molecule has 4 aromatic rings. The molecule has 0 atom stereocenters. The highest BCUT2D eigenvalue weighted by Crippen LogP contribution is 2.31. The van der Waals surface area contributed by atoms with Crippen molar-refractivity contribution >= 4 is 39.5 Å². The van der Waals surface area contributed by atoms with Crippen molar-refractivity contribution < 1.29 is 9.21 Å². The lowest BCUT2D eigenvalue weighted by Crippen LogP contribution is -2.38. The van der Waals surface area contributed by atoms with Gasteiger partial charge in [0.15, 0.2) is 17.2 Å². The van der Waals surface area contributed by atoms with E-state index in [1.54, 1.807) is 6.07 Å². The van der Waals surface area contributed by atoms with Gasteiger partial charge in [0.1, 0.15) is 5.52 Å². The zero-order chi connectivity index (χ0) is 19.3. The maximum atomic E-state index is 13.0. The maximum Gasteiger partial charge on any atom is 0.274 e. The number of piperidine rings is 1. The van der Waals surface area contributed by atoms with Crippen molar-refractivity contribution in [3.8, 4) is 0 Å². The molecular weight excluding hydrogens is 376 g/mol. The van der Waals surface area contributed by atoms with E-state index in [0.29, 0.717) is 23.8 Å². The van der Waals surface area contributed by atoms with Crippen molar-refractivity contribution in [1.82, 2.24) is 20.1 Å². The molecule has 0 radical (unpaired) electrons. The van der Waals surface area contributed by atoms with Crippen LogP contribution in [0.15, 0.2) is 40.8 Å². The standard InChI is InChI=1S/C21H19ClN4O2/c1-12-2-4-16-15(10-12)19(25-24-16)21(27)26-8-6-13(7-9-26)20-23-17-11-14(22)3-5-18(17)28-20/h2-5,10-11,13H,6-9H2,1H3,(H,24,25). The summed E-state index contributed by atoms with van der Waals surface area (Å²) < 4.78 is 5.91. The molecular formula is C21H19ClN4O2. The molecule has 6 nitrogen and oxygen atoms in total. The summed E-state index contributed by atoms with van der Waals surface area (Å²) in [5.41, 5.74) is 4.01. The number of aromatic amines is 1. The number of aryl methyl sites for hydroxylation is 1. The normalized spacial score (nSPS) is 15.6. The highest BCUT2D eigenvalue weighted by molar-refractivity contribution is 6.31. The highest BCUT2D eigenvalue weighted by Gasteiger charge is 2.29. The molecule has 0 aliphatic carbocycles. The van der Waals surface area contributed by atoms with Crippen molar-refractivity contribution in [1.29, 1.82) is 0 Å². The van der Waals surface area contributed by atoms with E-state index >= 15 is 0 Å². The van der Waals surface area contributed by atoms with Crippen LogP contribution in [0.3, 0.4) is 0 Å². The van der Waals surface area contributed by atoms with E-state index in [1.165, 1.54) is 0 Å². The summed E-state index contributed by atoms with van der Waals surface area (Å²) in [4.78, 5) is 19.5. The van der Waals surface area contributed by atoms with Gasteiger partial charge in [0.05, 0.1) is 5.52 Å². The fourth-order valence-electron chi connectivity index (χ4n) is 3.86. The number of carbonyl (C=O) groups excluding carboxylic acids is 1. The summed E-state index contributed by atoms with van der Waals surface area (Å²) in [6.45, 7) is 3.33. The molecule has 2 aromatic carbocycles. The Labute approximate surface area is 166 Å². The molecule has 3 heterocycles. The molecule has 1 amide bonds. The Morgan fingerprint density at radius 1 is 1.21 bits per heavy atom. The second kappa shape index (κ2) is 6.63. The van der Waals surface area contributed by atoms with E-state index in [1.807, 2.05) is 42.2 Å². The van der Waals surface area contributed by atoms with Crippen LogP contribution in [0.4, 0.5) is 0 Å². The minimum atomic E-state index is -0.0281. The summed E-state index contributed by atoms with van der Waals surface area (Å²) in [7, 11) is 0.